The van der Waals surface area contributed by atoms with Crippen molar-refractivity contribution in [1.29, 1.82) is 0 Å². The van der Waals surface area contributed by atoms with Gasteiger partial charge in [0.15, 0.2) is 11.5 Å². The Kier molecular flexibility index (Phi) is 5.12. The largest absolute Gasteiger partial charge is 0.465 e. The molecule has 2 aromatic carbocycles. The van der Waals surface area contributed by atoms with Gasteiger partial charge >= 0.3 is 11.9 Å². The molecule has 1 heterocycles. The summed E-state index contributed by atoms with van der Waals surface area (Å²) in [7, 11) is 1.17. The van der Waals surface area contributed by atoms with Crippen LogP contribution >= 0.6 is 0 Å². The van der Waals surface area contributed by atoms with Gasteiger partial charge in [-0.1, -0.05) is 60.7 Å². The second-order valence-electron chi connectivity index (χ2n) is 5.67. The topological polar surface area (TPSA) is 99.7 Å². The number of hydrogen-bond acceptors (Lipinski definition) is 6. The highest BCUT2D eigenvalue weighted by Crippen LogP contribution is 2.37. The number of Topliss-reactive ketones (excluding diaryl/α,β-unsaturated/α-hetero) is 1. The number of methoxy groups -OCH3 is 1. The van der Waals surface area contributed by atoms with E-state index in [4.69, 9.17) is 9.15 Å². The molecule has 0 aliphatic heterocycles. The molecule has 0 amide bonds. The molecule has 3 rings (SSSR count). The van der Waals surface area contributed by atoms with Crippen LogP contribution in [0.25, 0.3) is 11.3 Å². The third-order valence-electron chi connectivity index (χ3n) is 4.01. The second-order valence-corrected chi connectivity index (χ2v) is 5.67. The molecule has 136 valence electrons. The van der Waals surface area contributed by atoms with Gasteiger partial charge in [-0.25, -0.2) is 4.79 Å². The van der Waals surface area contributed by atoms with Crippen LogP contribution in [-0.2, 0) is 11.2 Å². The summed E-state index contributed by atoms with van der Waals surface area (Å²) in [5.74, 6) is -1.81. The summed E-state index contributed by atoms with van der Waals surface area (Å²) in [5.41, 5.74) is 0.642. The Morgan fingerprint density at radius 3 is 2.19 bits per heavy atom. The van der Waals surface area contributed by atoms with Crippen molar-refractivity contribution >= 4 is 17.6 Å². The average molecular weight is 365 g/mol. The Morgan fingerprint density at radius 1 is 1.04 bits per heavy atom. The van der Waals surface area contributed by atoms with Crippen LogP contribution in [0.5, 0.6) is 0 Å². The highest BCUT2D eigenvalue weighted by atomic mass is 16.6. The van der Waals surface area contributed by atoms with E-state index in [0.29, 0.717) is 11.1 Å². The molecule has 0 fully saturated rings. The van der Waals surface area contributed by atoms with Crippen LogP contribution in [0.2, 0.25) is 0 Å². The Hall–Kier alpha value is -3.74. The molecule has 0 aliphatic carbocycles. The minimum absolute atomic E-state index is 0.00464. The first kappa shape index (κ1) is 18.1. The molecule has 0 spiro atoms. The lowest BCUT2D eigenvalue weighted by molar-refractivity contribution is -0.402. The number of nitro groups is 1. The minimum Gasteiger partial charge on any atom is -0.465 e. The summed E-state index contributed by atoms with van der Waals surface area (Å²) in [4.78, 5) is 35.7. The van der Waals surface area contributed by atoms with E-state index in [1.54, 1.807) is 60.7 Å². The Balaban J connectivity index is 2.16. The second kappa shape index (κ2) is 7.65. The van der Waals surface area contributed by atoms with E-state index in [1.165, 1.54) is 7.11 Å². The van der Waals surface area contributed by atoms with E-state index in [2.05, 4.69) is 0 Å². The smallest absolute Gasteiger partial charge is 0.438 e. The summed E-state index contributed by atoms with van der Waals surface area (Å²) in [6, 6.07) is 16.8. The van der Waals surface area contributed by atoms with Gasteiger partial charge in [0.1, 0.15) is 10.5 Å². The fourth-order valence-corrected chi connectivity index (χ4v) is 2.76. The van der Waals surface area contributed by atoms with Crippen molar-refractivity contribution in [2.45, 2.75) is 6.42 Å². The number of ketones is 1. The van der Waals surface area contributed by atoms with E-state index < -0.39 is 16.8 Å². The van der Waals surface area contributed by atoms with Gasteiger partial charge in [-0.15, -0.1) is 0 Å². The summed E-state index contributed by atoms with van der Waals surface area (Å²) in [6.07, 6.45) is -0.360. The van der Waals surface area contributed by atoms with E-state index in [9.17, 15) is 19.7 Å². The van der Waals surface area contributed by atoms with Gasteiger partial charge in [0.25, 0.3) is 0 Å². The number of ether oxygens (including phenoxy) is 1. The van der Waals surface area contributed by atoms with E-state index >= 15 is 0 Å². The lowest BCUT2D eigenvalue weighted by Crippen LogP contribution is -2.10. The third-order valence-corrected chi connectivity index (χ3v) is 4.01. The quantitative estimate of drug-likeness (QED) is 0.283. The molecule has 0 N–H and O–H groups in total. The summed E-state index contributed by atoms with van der Waals surface area (Å²) < 4.78 is 10.2. The van der Waals surface area contributed by atoms with Crippen molar-refractivity contribution in [3.63, 3.8) is 0 Å². The Morgan fingerprint density at radius 2 is 1.63 bits per heavy atom. The number of hydrogen-bond donors (Lipinski definition) is 0. The Bertz CT molecular complexity index is 992. The number of carbonyl (C=O) groups is 2. The summed E-state index contributed by atoms with van der Waals surface area (Å²) in [6.45, 7) is 0. The normalized spacial score (nSPS) is 10.4. The fraction of sp³-hybridized carbons (Fsp3) is 0.100. The molecule has 1 aromatic heterocycles. The number of carbonyl (C=O) groups excluding carboxylic acids is 2. The molecule has 0 bridgehead atoms. The molecule has 0 unspecified atom stereocenters. The van der Waals surface area contributed by atoms with Crippen LogP contribution in [0, 0.1) is 10.1 Å². The SMILES string of the molecule is COC(=O)c1c(-c2ccccc2)oc([N+](=O)[O-])c1CC(=O)c1ccccc1. The van der Waals surface area contributed by atoms with Crippen molar-refractivity contribution in [1.82, 2.24) is 0 Å². The number of nitrogens with zero attached hydrogens (tertiary/aromatic N) is 1. The van der Waals surface area contributed by atoms with Crippen LogP contribution in [0.15, 0.2) is 65.1 Å². The molecule has 7 nitrogen and oxygen atoms in total. The van der Waals surface area contributed by atoms with Crippen molar-refractivity contribution in [3.8, 4) is 11.3 Å². The lowest BCUT2D eigenvalue weighted by Gasteiger charge is -2.04. The predicted octanol–water partition coefficient (Wildman–Crippen LogP) is 4.07. The van der Waals surface area contributed by atoms with Crippen molar-refractivity contribution in [2.75, 3.05) is 7.11 Å². The maximum absolute atomic E-state index is 12.6. The first-order valence-electron chi connectivity index (χ1n) is 8.05. The van der Waals surface area contributed by atoms with E-state index in [0.717, 1.165) is 0 Å². The van der Waals surface area contributed by atoms with Crippen LogP contribution < -0.4 is 0 Å². The number of benzene rings is 2. The molecule has 7 heteroatoms. The maximum atomic E-state index is 12.6. The summed E-state index contributed by atoms with van der Waals surface area (Å²) in [5, 5.41) is 11.5. The first-order valence-corrected chi connectivity index (χ1v) is 8.05. The number of esters is 1. The Labute approximate surface area is 154 Å². The lowest BCUT2D eigenvalue weighted by atomic mass is 9.98. The van der Waals surface area contributed by atoms with Crippen LogP contribution in [-0.4, -0.2) is 23.8 Å². The first-order chi connectivity index (χ1) is 13.0. The molecule has 27 heavy (non-hydrogen) atoms. The van der Waals surface area contributed by atoms with Crippen LogP contribution in [0.3, 0.4) is 0 Å². The van der Waals surface area contributed by atoms with Gasteiger partial charge in [0, 0.05) is 17.5 Å². The number of rotatable bonds is 6. The molecule has 0 saturated heterocycles. The van der Waals surface area contributed by atoms with E-state index in [1.807, 2.05) is 0 Å². The predicted molar refractivity (Wildman–Crippen MR) is 96.6 cm³/mol. The zero-order valence-electron chi connectivity index (χ0n) is 14.4. The van der Waals surface area contributed by atoms with Gasteiger partial charge in [-0.3, -0.25) is 14.9 Å². The minimum atomic E-state index is -0.804. The summed E-state index contributed by atoms with van der Waals surface area (Å²) >= 11 is 0. The molecule has 0 aliphatic rings. The molecule has 0 radical (unpaired) electrons. The number of furan rings is 1. The van der Waals surface area contributed by atoms with Crippen molar-refractivity contribution in [3.05, 3.63) is 87.5 Å². The zero-order valence-corrected chi connectivity index (χ0v) is 14.4. The molecule has 0 saturated carbocycles. The standard InChI is InChI=1S/C20H15NO6/c1-26-20(23)17-15(12-16(22)13-8-4-2-5-9-13)19(21(24)25)27-18(17)14-10-6-3-7-11-14/h2-11H,12H2,1H3. The highest BCUT2D eigenvalue weighted by Gasteiger charge is 2.34. The average Bonchev–Trinajstić information content (AvgIpc) is 3.08. The van der Waals surface area contributed by atoms with Crippen molar-refractivity contribution < 1.29 is 23.7 Å². The maximum Gasteiger partial charge on any atom is 0.438 e. The monoisotopic (exact) mass is 365 g/mol. The molecular formula is C20H15NO6. The van der Waals surface area contributed by atoms with Gasteiger partial charge in [0.05, 0.1) is 12.7 Å². The van der Waals surface area contributed by atoms with Gasteiger partial charge < -0.3 is 9.15 Å². The van der Waals surface area contributed by atoms with E-state index in [-0.39, 0.29) is 29.1 Å². The highest BCUT2D eigenvalue weighted by molar-refractivity contribution is 6.03. The molecule has 3 aromatic rings. The molecular weight excluding hydrogens is 350 g/mol. The van der Waals surface area contributed by atoms with Gasteiger partial charge in [-0.2, -0.15) is 0 Å². The van der Waals surface area contributed by atoms with Crippen LogP contribution in [0.4, 0.5) is 5.88 Å². The zero-order chi connectivity index (χ0) is 19.4. The fourth-order valence-electron chi connectivity index (χ4n) is 2.76. The molecule has 0 atom stereocenters. The van der Waals surface area contributed by atoms with Crippen molar-refractivity contribution in [2.24, 2.45) is 0 Å². The van der Waals surface area contributed by atoms with Gasteiger partial charge in [-0.05, 0) is 0 Å². The third kappa shape index (κ3) is 3.62. The van der Waals surface area contributed by atoms with Crippen LogP contribution in [0.1, 0.15) is 26.3 Å². The van der Waals surface area contributed by atoms with Gasteiger partial charge in [0.2, 0.25) is 0 Å².